The van der Waals surface area contributed by atoms with E-state index in [2.05, 4.69) is 20.2 Å². The number of benzene rings is 1. The Morgan fingerprint density at radius 3 is 2.63 bits per heavy atom. The van der Waals surface area contributed by atoms with E-state index in [9.17, 15) is 9.18 Å². The Kier molecular flexibility index (Phi) is 6.10. The SMILES string of the molecule is Cn1nnc(-c2ccc(F)cc2)c1COc1ccc(C(=O)CN2CCOCC2)cn1. The van der Waals surface area contributed by atoms with Crippen LogP contribution in [0.4, 0.5) is 4.39 Å². The molecule has 0 radical (unpaired) electrons. The van der Waals surface area contributed by atoms with Crippen LogP contribution in [0.2, 0.25) is 0 Å². The van der Waals surface area contributed by atoms with Crippen molar-refractivity contribution in [3.05, 3.63) is 59.7 Å². The molecule has 1 aliphatic rings. The first kappa shape index (κ1) is 20.1. The van der Waals surface area contributed by atoms with Crippen LogP contribution in [0.5, 0.6) is 5.88 Å². The number of Topliss-reactive ketones (excluding diaryl/α,β-unsaturated/α-hetero) is 1. The summed E-state index contributed by atoms with van der Waals surface area (Å²) in [6, 6.07) is 9.44. The van der Waals surface area contributed by atoms with Gasteiger partial charge in [0.25, 0.3) is 0 Å². The zero-order valence-corrected chi connectivity index (χ0v) is 16.6. The molecule has 0 saturated carbocycles. The molecule has 3 aromatic rings. The molecule has 3 heterocycles. The smallest absolute Gasteiger partial charge is 0.213 e. The van der Waals surface area contributed by atoms with Crippen LogP contribution < -0.4 is 4.74 Å². The molecule has 156 valence electrons. The topological polar surface area (TPSA) is 82.4 Å². The summed E-state index contributed by atoms with van der Waals surface area (Å²) in [5.74, 6) is 0.0995. The third-order valence-corrected chi connectivity index (χ3v) is 4.95. The van der Waals surface area contributed by atoms with Gasteiger partial charge < -0.3 is 9.47 Å². The molecular formula is C21H22FN5O3. The summed E-state index contributed by atoms with van der Waals surface area (Å²) in [4.78, 5) is 18.8. The van der Waals surface area contributed by atoms with E-state index >= 15 is 0 Å². The molecule has 1 fully saturated rings. The highest BCUT2D eigenvalue weighted by Gasteiger charge is 2.17. The van der Waals surface area contributed by atoms with E-state index < -0.39 is 0 Å². The van der Waals surface area contributed by atoms with Crippen LogP contribution in [0.15, 0.2) is 42.6 Å². The molecule has 0 N–H and O–H groups in total. The maximum absolute atomic E-state index is 13.2. The molecule has 1 aliphatic heterocycles. The van der Waals surface area contributed by atoms with Gasteiger partial charge in [0.05, 0.1) is 19.8 Å². The molecule has 0 aliphatic carbocycles. The van der Waals surface area contributed by atoms with Gasteiger partial charge in [-0.2, -0.15) is 0 Å². The predicted octanol–water partition coefficient (Wildman–Crippen LogP) is 2.11. The fourth-order valence-electron chi connectivity index (χ4n) is 3.20. The predicted molar refractivity (Wildman–Crippen MR) is 107 cm³/mol. The van der Waals surface area contributed by atoms with Crippen molar-refractivity contribution in [2.45, 2.75) is 6.61 Å². The van der Waals surface area contributed by atoms with E-state index in [0.717, 1.165) is 24.3 Å². The number of carbonyl (C=O) groups is 1. The van der Waals surface area contributed by atoms with Crippen LogP contribution in [0.1, 0.15) is 16.1 Å². The summed E-state index contributed by atoms with van der Waals surface area (Å²) < 4.78 is 25.9. The lowest BCUT2D eigenvalue weighted by molar-refractivity contribution is 0.0371. The fourth-order valence-corrected chi connectivity index (χ4v) is 3.20. The van der Waals surface area contributed by atoms with Gasteiger partial charge in [-0.1, -0.05) is 5.21 Å². The van der Waals surface area contributed by atoms with Gasteiger partial charge in [0.2, 0.25) is 5.88 Å². The number of hydrogen-bond acceptors (Lipinski definition) is 7. The fraction of sp³-hybridized carbons (Fsp3) is 0.333. The molecular weight excluding hydrogens is 389 g/mol. The van der Waals surface area contributed by atoms with Crippen LogP contribution in [-0.2, 0) is 18.4 Å². The summed E-state index contributed by atoms with van der Waals surface area (Å²) in [5.41, 5.74) is 2.65. The molecule has 0 amide bonds. The van der Waals surface area contributed by atoms with Crippen molar-refractivity contribution >= 4 is 5.78 Å². The summed E-state index contributed by atoms with van der Waals surface area (Å²) in [7, 11) is 1.76. The van der Waals surface area contributed by atoms with Gasteiger partial charge in [-0.25, -0.2) is 14.1 Å². The molecule has 0 atom stereocenters. The zero-order chi connectivity index (χ0) is 20.9. The summed E-state index contributed by atoms with van der Waals surface area (Å²) >= 11 is 0. The number of rotatable bonds is 7. The number of halogens is 1. The first-order valence-electron chi connectivity index (χ1n) is 9.67. The van der Waals surface area contributed by atoms with Gasteiger partial charge in [-0.05, 0) is 30.3 Å². The van der Waals surface area contributed by atoms with E-state index in [1.165, 1.54) is 18.3 Å². The Labute approximate surface area is 173 Å². The Bertz CT molecular complexity index is 998. The summed E-state index contributed by atoms with van der Waals surface area (Å²) in [6.07, 6.45) is 1.53. The van der Waals surface area contributed by atoms with Crippen LogP contribution in [-0.4, -0.2) is 63.5 Å². The zero-order valence-electron chi connectivity index (χ0n) is 16.6. The molecule has 0 bridgehead atoms. The third-order valence-electron chi connectivity index (χ3n) is 4.95. The first-order chi connectivity index (χ1) is 14.6. The van der Waals surface area contributed by atoms with Crippen molar-refractivity contribution in [1.82, 2.24) is 24.9 Å². The van der Waals surface area contributed by atoms with E-state index in [1.54, 1.807) is 36.0 Å². The second kappa shape index (κ2) is 9.10. The normalized spacial score (nSPS) is 14.6. The van der Waals surface area contributed by atoms with Gasteiger partial charge in [0.1, 0.15) is 23.8 Å². The molecule has 1 aromatic carbocycles. The second-order valence-electron chi connectivity index (χ2n) is 7.00. The standard InChI is InChI=1S/C21H22FN5O3/c1-26-18(21(24-25-26)15-2-5-17(22)6-3-15)14-30-20-7-4-16(12-23-20)19(28)13-27-8-10-29-11-9-27/h2-7,12H,8-11,13-14H2,1H3. The molecule has 1 saturated heterocycles. The minimum atomic E-state index is -0.312. The number of aromatic nitrogens is 4. The highest BCUT2D eigenvalue weighted by molar-refractivity contribution is 5.97. The molecule has 9 heteroatoms. The highest BCUT2D eigenvalue weighted by atomic mass is 19.1. The maximum atomic E-state index is 13.2. The Hall–Kier alpha value is -3.17. The average molecular weight is 411 g/mol. The molecule has 0 unspecified atom stereocenters. The highest BCUT2D eigenvalue weighted by Crippen LogP contribution is 2.22. The largest absolute Gasteiger partial charge is 0.471 e. The monoisotopic (exact) mass is 411 g/mol. The number of ketones is 1. The number of pyridine rings is 1. The van der Waals surface area contributed by atoms with Crippen molar-refractivity contribution in [2.75, 3.05) is 32.8 Å². The number of aryl methyl sites for hydroxylation is 1. The molecule has 0 spiro atoms. The lowest BCUT2D eigenvalue weighted by Crippen LogP contribution is -2.39. The van der Waals surface area contributed by atoms with Gasteiger partial charge in [0.15, 0.2) is 5.78 Å². The van der Waals surface area contributed by atoms with Gasteiger partial charge >= 0.3 is 0 Å². The minimum Gasteiger partial charge on any atom is -0.471 e. The van der Waals surface area contributed by atoms with Crippen LogP contribution in [0.25, 0.3) is 11.3 Å². The van der Waals surface area contributed by atoms with Crippen molar-refractivity contribution < 1.29 is 18.7 Å². The quantitative estimate of drug-likeness (QED) is 0.551. The van der Waals surface area contributed by atoms with E-state index in [0.29, 0.717) is 36.9 Å². The molecule has 2 aromatic heterocycles. The molecule has 8 nitrogen and oxygen atoms in total. The Morgan fingerprint density at radius 2 is 1.93 bits per heavy atom. The van der Waals surface area contributed by atoms with Crippen molar-refractivity contribution in [2.24, 2.45) is 7.05 Å². The molecule has 30 heavy (non-hydrogen) atoms. The number of hydrogen-bond donors (Lipinski definition) is 0. The average Bonchev–Trinajstić information content (AvgIpc) is 3.14. The van der Waals surface area contributed by atoms with Crippen LogP contribution in [0.3, 0.4) is 0 Å². The second-order valence-corrected chi connectivity index (χ2v) is 7.00. The molecule has 4 rings (SSSR count). The first-order valence-corrected chi connectivity index (χ1v) is 9.67. The minimum absolute atomic E-state index is 0.0189. The number of ether oxygens (including phenoxy) is 2. The third kappa shape index (κ3) is 4.69. The Balaban J connectivity index is 1.39. The van der Waals surface area contributed by atoms with Crippen molar-refractivity contribution in [3.8, 4) is 17.1 Å². The maximum Gasteiger partial charge on any atom is 0.213 e. The summed E-state index contributed by atoms with van der Waals surface area (Å²) in [5, 5.41) is 8.19. The number of nitrogens with zero attached hydrogens (tertiary/aromatic N) is 5. The van der Waals surface area contributed by atoms with E-state index in [1.807, 2.05) is 0 Å². The van der Waals surface area contributed by atoms with E-state index in [-0.39, 0.29) is 18.2 Å². The lowest BCUT2D eigenvalue weighted by Gasteiger charge is -2.25. The lowest BCUT2D eigenvalue weighted by atomic mass is 10.1. The number of carbonyl (C=O) groups excluding carboxylic acids is 1. The van der Waals surface area contributed by atoms with Crippen LogP contribution >= 0.6 is 0 Å². The number of morpholine rings is 1. The van der Waals surface area contributed by atoms with Gasteiger partial charge in [-0.15, -0.1) is 5.10 Å². The van der Waals surface area contributed by atoms with Gasteiger partial charge in [-0.3, -0.25) is 9.69 Å². The Morgan fingerprint density at radius 1 is 1.17 bits per heavy atom. The van der Waals surface area contributed by atoms with Crippen molar-refractivity contribution in [1.29, 1.82) is 0 Å². The summed E-state index contributed by atoms with van der Waals surface area (Å²) in [6.45, 7) is 3.37. The van der Waals surface area contributed by atoms with E-state index in [4.69, 9.17) is 9.47 Å². The van der Waals surface area contributed by atoms with Gasteiger partial charge in [0, 0.05) is 43.5 Å². The van der Waals surface area contributed by atoms with Crippen LogP contribution in [0, 0.1) is 5.82 Å². The van der Waals surface area contributed by atoms with Crippen molar-refractivity contribution in [3.63, 3.8) is 0 Å².